The molecule has 0 saturated carbocycles. The zero-order chi connectivity index (χ0) is 13.0. The van der Waals surface area contributed by atoms with Crippen LogP contribution in [-0.4, -0.2) is 24.7 Å². The molecule has 0 aliphatic carbocycles. The molecule has 5 nitrogen and oxygen atoms in total. The quantitative estimate of drug-likeness (QED) is 0.596. The minimum absolute atomic E-state index is 0.755. The lowest BCUT2D eigenvalue weighted by atomic mass is 10.2. The van der Waals surface area contributed by atoms with Crippen molar-refractivity contribution in [3.8, 4) is 11.5 Å². The van der Waals surface area contributed by atoms with Crippen LogP contribution in [0.3, 0.4) is 0 Å². The molecule has 0 spiro atoms. The average molecular weight is 243 g/mol. The first-order valence-corrected chi connectivity index (χ1v) is 6.00. The molecule has 2 aromatic rings. The summed E-state index contributed by atoms with van der Waals surface area (Å²) in [6, 6.07) is 0. The van der Waals surface area contributed by atoms with Gasteiger partial charge in [0.1, 0.15) is 11.5 Å². The first kappa shape index (κ1) is 12.4. The summed E-state index contributed by atoms with van der Waals surface area (Å²) in [4.78, 5) is 8.54. The zero-order valence-corrected chi connectivity index (χ0v) is 10.8. The van der Waals surface area contributed by atoms with Crippen molar-refractivity contribution >= 4 is 0 Å². The van der Waals surface area contributed by atoms with E-state index in [2.05, 4.69) is 26.7 Å². The number of allylic oxidation sites excluding steroid dienone is 1. The highest BCUT2D eigenvalue weighted by molar-refractivity contribution is 5.47. The minimum Gasteiger partial charge on any atom is -0.313 e. The fourth-order valence-electron chi connectivity index (χ4n) is 1.71. The number of aryl methyl sites for hydroxylation is 2. The molecule has 0 aromatic carbocycles. The SMILES string of the molecule is C=CCCCc1nnc(-c2cnc(C)cn2)n1C. The largest absolute Gasteiger partial charge is 0.313 e. The number of aromatic nitrogens is 5. The minimum atomic E-state index is 0.755. The summed E-state index contributed by atoms with van der Waals surface area (Å²) in [6.07, 6.45) is 8.31. The Labute approximate surface area is 107 Å². The molecule has 2 rings (SSSR count). The lowest BCUT2D eigenvalue weighted by molar-refractivity contribution is 0.732. The maximum Gasteiger partial charge on any atom is 0.183 e. The lowest BCUT2D eigenvalue weighted by Gasteiger charge is -2.02. The molecule has 2 heterocycles. The Balaban J connectivity index is 2.19. The molecule has 18 heavy (non-hydrogen) atoms. The van der Waals surface area contributed by atoms with Crippen molar-refractivity contribution in [1.82, 2.24) is 24.7 Å². The second-order valence-electron chi connectivity index (χ2n) is 4.22. The molecule has 94 valence electrons. The Morgan fingerprint density at radius 3 is 2.78 bits per heavy atom. The van der Waals surface area contributed by atoms with E-state index in [1.807, 2.05) is 24.6 Å². The maximum atomic E-state index is 4.32. The number of nitrogens with zero attached hydrogens (tertiary/aromatic N) is 5. The van der Waals surface area contributed by atoms with Crippen molar-refractivity contribution in [3.05, 3.63) is 36.6 Å². The molecule has 0 bridgehead atoms. The van der Waals surface area contributed by atoms with E-state index in [1.54, 1.807) is 12.4 Å². The van der Waals surface area contributed by atoms with Gasteiger partial charge in [0, 0.05) is 19.7 Å². The third kappa shape index (κ3) is 2.61. The molecule has 0 radical (unpaired) electrons. The molecule has 0 aliphatic heterocycles. The van der Waals surface area contributed by atoms with Crippen LogP contribution in [0.2, 0.25) is 0 Å². The number of unbranched alkanes of at least 4 members (excludes halogenated alkanes) is 1. The van der Waals surface area contributed by atoms with Gasteiger partial charge in [-0.25, -0.2) is 4.98 Å². The molecule has 0 fully saturated rings. The van der Waals surface area contributed by atoms with E-state index in [1.165, 1.54) is 0 Å². The molecule has 0 unspecified atom stereocenters. The van der Waals surface area contributed by atoms with Crippen molar-refractivity contribution in [3.63, 3.8) is 0 Å². The van der Waals surface area contributed by atoms with Crippen molar-refractivity contribution in [2.75, 3.05) is 0 Å². The second-order valence-corrected chi connectivity index (χ2v) is 4.22. The average Bonchev–Trinajstić information content (AvgIpc) is 2.73. The first-order chi connectivity index (χ1) is 8.72. The molecule has 0 amide bonds. The van der Waals surface area contributed by atoms with E-state index < -0.39 is 0 Å². The molecular weight excluding hydrogens is 226 g/mol. The number of hydrogen-bond donors (Lipinski definition) is 0. The smallest absolute Gasteiger partial charge is 0.183 e. The van der Waals surface area contributed by atoms with E-state index in [4.69, 9.17) is 0 Å². The standard InChI is InChI=1S/C13H17N5/c1-4-5-6-7-12-16-17-13(18(12)3)11-9-14-10(2)8-15-11/h4,8-9H,1,5-7H2,2-3H3. The molecule has 0 aliphatic rings. The molecule has 0 saturated heterocycles. The summed E-state index contributed by atoms with van der Waals surface area (Å²) < 4.78 is 1.97. The van der Waals surface area contributed by atoms with Crippen molar-refractivity contribution in [2.24, 2.45) is 7.05 Å². The van der Waals surface area contributed by atoms with Crippen LogP contribution in [0.25, 0.3) is 11.5 Å². The van der Waals surface area contributed by atoms with E-state index in [0.29, 0.717) is 0 Å². The van der Waals surface area contributed by atoms with E-state index >= 15 is 0 Å². The summed E-state index contributed by atoms with van der Waals surface area (Å²) in [7, 11) is 1.96. The monoisotopic (exact) mass is 243 g/mol. The highest BCUT2D eigenvalue weighted by atomic mass is 15.3. The van der Waals surface area contributed by atoms with Gasteiger partial charge >= 0.3 is 0 Å². The van der Waals surface area contributed by atoms with Crippen LogP contribution in [0.4, 0.5) is 0 Å². The van der Waals surface area contributed by atoms with Gasteiger partial charge in [-0.05, 0) is 19.8 Å². The van der Waals surface area contributed by atoms with Crippen LogP contribution in [0.5, 0.6) is 0 Å². The molecule has 2 aromatic heterocycles. The van der Waals surface area contributed by atoms with Gasteiger partial charge in [-0.15, -0.1) is 16.8 Å². The van der Waals surface area contributed by atoms with Crippen LogP contribution in [0, 0.1) is 6.92 Å². The van der Waals surface area contributed by atoms with E-state index in [0.717, 1.165) is 42.3 Å². The van der Waals surface area contributed by atoms with Crippen molar-refractivity contribution in [2.45, 2.75) is 26.2 Å². The summed E-state index contributed by atoms with van der Waals surface area (Å²) in [5, 5.41) is 8.38. The van der Waals surface area contributed by atoms with Gasteiger partial charge in [-0.2, -0.15) is 0 Å². The third-order valence-electron chi connectivity index (χ3n) is 2.78. The van der Waals surface area contributed by atoms with Crippen LogP contribution < -0.4 is 0 Å². The Morgan fingerprint density at radius 2 is 2.11 bits per heavy atom. The van der Waals surface area contributed by atoms with Crippen LogP contribution >= 0.6 is 0 Å². The Morgan fingerprint density at radius 1 is 1.28 bits per heavy atom. The van der Waals surface area contributed by atoms with Crippen LogP contribution in [0.1, 0.15) is 24.4 Å². The first-order valence-electron chi connectivity index (χ1n) is 6.00. The van der Waals surface area contributed by atoms with Crippen LogP contribution in [-0.2, 0) is 13.5 Å². The second kappa shape index (κ2) is 5.53. The summed E-state index contributed by atoms with van der Waals surface area (Å²) >= 11 is 0. The number of rotatable bonds is 5. The zero-order valence-electron chi connectivity index (χ0n) is 10.8. The van der Waals surface area contributed by atoms with Crippen LogP contribution in [0.15, 0.2) is 25.0 Å². The highest BCUT2D eigenvalue weighted by Gasteiger charge is 2.11. The van der Waals surface area contributed by atoms with Gasteiger partial charge in [0.15, 0.2) is 5.82 Å². The summed E-state index contributed by atoms with van der Waals surface area (Å²) in [5.41, 5.74) is 1.65. The summed E-state index contributed by atoms with van der Waals surface area (Å²) in [6.45, 7) is 5.63. The predicted octanol–water partition coefficient (Wildman–Crippen LogP) is 2.09. The molecule has 0 N–H and O–H groups in total. The van der Waals surface area contributed by atoms with E-state index in [9.17, 15) is 0 Å². The van der Waals surface area contributed by atoms with Gasteiger partial charge in [-0.3, -0.25) is 4.98 Å². The molecular formula is C13H17N5. The Bertz CT molecular complexity index is 527. The maximum absolute atomic E-state index is 4.32. The normalized spacial score (nSPS) is 10.6. The third-order valence-corrected chi connectivity index (χ3v) is 2.78. The van der Waals surface area contributed by atoms with E-state index in [-0.39, 0.29) is 0 Å². The Kier molecular flexibility index (Phi) is 3.82. The van der Waals surface area contributed by atoms with Crippen molar-refractivity contribution < 1.29 is 0 Å². The van der Waals surface area contributed by atoms with Gasteiger partial charge in [0.05, 0.1) is 11.9 Å². The fraction of sp³-hybridized carbons (Fsp3) is 0.385. The fourth-order valence-corrected chi connectivity index (χ4v) is 1.71. The number of hydrogen-bond acceptors (Lipinski definition) is 4. The van der Waals surface area contributed by atoms with Crippen molar-refractivity contribution in [1.29, 1.82) is 0 Å². The van der Waals surface area contributed by atoms with Gasteiger partial charge in [-0.1, -0.05) is 6.08 Å². The van der Waals surface area contributed by atoms with Gasteiger partial charge in [0.2, 0.25) is 0 Å². The molecule has 5 heteroatoms. The van der Waals surface area contributed by atoms with Gasteiger partial charge < -0.3 is 4.57 Å². The predicted molar refractivity (Wildman–Crippen MR) is 69.9 cm³/mol. The van der Waals surface area contributed by atoms with Gasteiger partial charge in [0.25, 0.3) is 0 Å². The lowest BCUT2D eigenvalue weighted by Crippen LogP contribution is -2.01. The summed E-state index contributed by atoms with van der Waals surface area (Å²) in [5.74, 6) is 1.73. The topological polar surface area (TPSA) is 56.5 Å². The molecule has 0 atom stereocenters. The Hall–Kier alpha value is -2.04. The highest BCUT2D eigenvalue weighted by Crippen LogP contribution is 2.14.